The molecule has 1 aromatic carbocycles. The molecule has 0 aliphatic rings. The Labute approximate surface area is 96.2 Å². The van der Waals surface area contributed by atoms with E-state index >= 15 is 0 Å². The lowest BCUT2D eigenvalue weighted by atomic mass is 10.2. The van der Waals surface area contributed by atoms with Gasteiger partial charge in [-0.2, -0.15) is 0 Å². The SMILES string of the molecule is CCn1cc(CNCCN)c2ccccc21. The number of rotatable bonds is 5. The number of hydrogen-bond acceptors (Lipinski definition) is 2. The Kier molecular flexibility index (Phi) is 3.59. The van der Waals surface area contributed by atoms with Gasteiger partial charge in [-0.05, 0) is 18.6 Å². The van der Waals surface area contributed by atoms with Gasteiger partial charge < -0.3 is 15.6 Å². The molecule has 0 aliphatic heterocycles. The van der Waals surface area contributed by atoms with Gasteiger partial charge in [-0.1, -0.05) is 18.2 Å². The molecule has 0 spiro atoms. The fourth-order valence-electron chi connectivity index (χ4n) is 2.05. The van der Waals surface area contributed by atoms with Crippen LogP contribution in [0.3, 0.4) is 0 Å². The fourth-order valence-corrected chi connectivity index (χ4v) is 2.05. The van der Waals surface area contributed by atoms with E-state index < -0.39 is 0 Å². The zero-order valence-corrected chi connectivity index (χ0v) is 9.74. The van der Waals surface area contributed by atoms with Gasteiger partial charge in [-0.15, -0.1) is 0 Å². The molecule has 86 valence electrons. The zero-order chi connectivity index (χ0) is 11.4. The summed E-state index contributed by atoms with van der Waals surface area (Å²) in [7, 11) is 0. The molecule has 0 atom stereocenters. The summed E-state index contributed by atoms with van der Waals surface area (Å²) in [5.41, 5.74) is 8.14. The second kappa shape index (κ2) is 5.14. The highest BCUT2D eigenvalue weighted by Crippen LogP contribution is 2.20. The Balaban J connectivity index is 2.30. The number of fused-ring (bicyclic) bond motifs is 1. The third-order valence-corrected chi connectivity index (χ3v) is 2.85. The lowest BCUT2D eigenvalue weighted by molar-refractivity contribution is 0.692. The van der Waals surface area contributed by atoms with Crippen LogP contribution in [0.15, 0.2) is 30.5 Å². The van der Waals surface area contributed by atoms with Gasteiger partial charge in [0.1, 0.15) is 0 Å². The number of aryl methyl sites for hydroxylation is 1. The van der Waals surface area contributed by atoms with Gasteiger partial charge >= 0.3 is 0 Å². The van der Waals surface area contributed by atoms with Crippen molar-refractivity contribution in [1.82, 2.24) is 9.88 Å². The van der Waals surface area contributed by atoms with Crippen molar-refractivity contribution in [2.24, 2.45) is 5.73 Å². The molecule has 1 heterocycles. The lowest BCUT2D eigenvalue weighted by Gasteiger charge is -2.00. The average molecular weight is 217 g/mol. The van der Waals surface area contributed by atoms with Gasteiger partial charge in [-0.25, -0.2) is 0 Å². The van der Waals surface area contributed by atoms with Gasteiger partial charge in [0.05, 0.1) is 0 Å². The number of nitrogens with two attached hydrogens (primary N) is 1. The number of nitrogens with zero attached hydrogens (tertiary/aromatic N) is 1. The molecule has 16 heavy (non-hydrogen) atoms. The third kappa shape index (κ3) is 2.10. The van der Waals surface area contributed by atoms with Crippen molar-refractivity contribution in [1.29, 1.82) is 0 Å². The first-order chi connectivity index (χ1) is 7.86. The van der Waals surface area contributed by atoms with Gasteiger partial charge in [0.25, 0.3) is 0 Å². The van der Waals surface area contributed by atoms with Crippen LogP contribution >= 0.6 is 0 Å². The summed E-state index contributed by atoms with van der Waals surface area (Å²) < 4.78 is 2.29. The maximum absolute atomic E-state index is 5.47. The van der Waals surface area contributed by atoms with Crippen LogP contribution in [0.4, 0.5) is 0 Å². The van der Waals surface area contributed by atoms with Crippen LogP contribution in [-0.2, 0) is 13.1 Å². The Morgan fingerprint density at radius 2 is 2.12 bits per heavy atom. The molecule has 3 heteroatoms. The first kappa shape index (κ1) is 11.2. The molecule has 3 nitrogen and oxygen atoms in total. The fraction of sp³-hybridized carbons (Fsp3) is 0.385. The molecule has 0 saturated carbocycles. The highest BCUT2D eigenvalue weighted by Gasteiger charge is 2.05. The van der Waals surface area contributed by atoms with Crippen molar-refractivity contribution in [3.05, 3.63) is 36.0 Å². The smallest absolute Gasteiger partial charge is 0.0483 e. The Bertz CT molecular complexity index is 459. The Hall–Kier alpha value is -1.32. The van der Waals surface area contributed by atoms with E-state index in [1.54, 1.807) is 0 Å². The highest BCUT2D eigenvalue weighted by atomic mass is 15.0. The minimum Gasteiger partial charge on any atom is -0.347 e. The second-order valence-electron chi connectivity index (χ2n) is 3.92. The van der Waals surface area contributed by atoms with Crippen molar-refractivity contribution in [3.8, 4) is 0 Å². The van der Waals surface area contributed by atoms with Crippen LogP contribution in [0.5, 0.6) is 0 Å². The number of aromatic nitrogens is 1. The van der Waals surface area contributed by atoms with Crippen LogP contribution in [0.25, 0.3) is 10.9 Å². The maximum atomic E-state index is 5.47. The second-order valence-corrected chi connectivity index (χ2v) is 3.92. The van der Waals surface area contributed by atoms with E-state index in [1.165, 1.54) is 16.5 Å². The zero-order valence-electron chi connectivity index (χ0n) is 9.74. The molecule has 0 aliphatic carbocycles. The highest BCUT2D eigenvalue weighted by molar-refractivity contribution is 5.83. The van der Waals surface area contributed by atoms with Crippen molar-refractivity contribution in [2.75, 3.05) is 13.1 Å². The van der Waals surface area contributed by atoms with E-state index in [4.69, 9.17) is 5.73 Å². The normalized spacial score (nSPS) is 11.1. The van der Waals surface area contributed by atoms with E-state index in [0.717, 1.165) is 19.6 Å². The summed E-state index contributed by atoms with van der Waals surface area (Å²) in [6.07, 6.45) is 2.23. The predicted octanol–water partition coefficient (Wildman–Crippen LogP) is 1.71. The van der Waals surface area contributed by atoms with Gasteiger partial charge in [0.15, 0.2) is 0 Å². The summed E-state index contributed by atoms with van der Waals surface area (Å²) in [5.74, 6) is 0. The van der Waals surface area contributed by atoms with Crippen molar-refractivity contribution in [2.45, 2.75) is 20.0 Å². The largest absolute Gasteiger partial charge is 0.347 e. The van der Waals surface area contributed by atoms with E-state index in [0.29, 0.717) is 6.54 Å². The number of hydrogen-bond donors (Lipinski definition) is 2. The van der Waals surface area contributed by atoms with Gasteiger partial charge in [-0.3, -0.25) is 0 Å². The molecule has 3 N–H and O–H groups in total. The van der Waals surface area contributed by atoms with E-state index in [1.807, 2.05) is 0 Å². The number of nitrogens with one attached hydrogen (secondary N) is 1. The monoisotopic (exact) mass is 217 g/mol. The quantitative estimate of drug-likeness (QED) is 0.749. The van der Waals surface area contributed by atoms with Crippen LogP contribution in [0.2, 0.25) is 0 Å². The molecule has 0 radical (unpaired) electrons. The standard InChI is InChI=1S/C13H19N3/c1-2-16-10-11(9-15-8-7-14)12-5-3-4-6-13(12)16/h3-6,10,15H,2,7-9,14H2,1H3. The van der Waals surface area contributed by atoms with Crippen molar-refractivity contribution < 1.29 is 0 Å². The molecule has 0 bridgehead atoms. The summed E-state index contributed by atoms with van der Waals surface area (Å²) >= 11 is 0. The Morgan fingerprint density at radius 1 is 1.31 bits per heavy atom. The van der Waals surface area contributed by atoms with Crippen LogP contribution in [0.1, 0.15) is 12.5 Å². The van der Waals surface area contributed by atoms with E-state index in [9.17, 15) is 0 Å². The van der Waals surface area contributed by atoms with Crippen molar-refractivity contribution >= 4 is 10.9 Å². The van der Waals surface area contributed by atoms with Crippen LogP contribution in [0, 0.1) is 0 Å². The predicted molar refractivity (Wildman–Crippen MR) is 68.4 cm³/mol. The molecule has 0 saturated heterocycles. The number of benzene rings is 1. The minimum absolute atomic E-state index is 0.687. The first-order valence-electron chi connectivity index (χ1n) is 5.84. The summed E-state index contributed by atoms with van der Waals surface area (Å²) in [4.78, 5) is 0. The molecule has 0 unspecified atom stereocenters. The molecule has 1 aromatic heterocycles. The topological polar surface area (TPSA) is 43.0 Å². The van der Waals surface area contributed by atoms with Crippen LogP contribution in [-0.4, -0.2) is 17.7 Å². The molecular formula is C13H19N3. The Morgan fingerprint density at radius 3 is 2.88 bits per heavy atom. The summed E-state index contributed by atoms with van der Waals surface area (Å²) in [6, 6.07) is 8.53. The van der Waals surface area contributed by atoms with Gasteiger partial charge in [0.2, 0.25) is 0 Å². The van der Waals surface area contributed by atoms with E-state index in [-0.39, 0.29) is 0 Å². The maximum Gasteiger partial charge on any atom is 0.0483 e. The van der Waals surface area contributed by atoms with Crippen molar-refractivity contribution in [3.63, 3.8) is 0 Å². The molecule has 2 rings (SSSR count). The first-order valence-corrected chi connectivity index (χ1v) is 5.84. The van der Waals surface area contributed by atoms with Gasteiger partial charge in [0, 0.05) is 43.3 Å². The summed E-state index contributed by atoms with van der Waals surface area (Å²) in [6.45, 7) is 5.63. The van der Waals surface area contributed by atoms with E-state index in [2.05, 4.69) is 47.3 Å². The molecule has 0 fully saturated rings. The molecule has 2 aromatic rings. The minimum atomic E-state index is 0.687. The third-order valence-electron chi connectivity index (χ3n) is 2.85. The molecule has 0 amide bonds. The lowest BCUT2D eigenvalue weighted by Crippen LogP contribution is -2.21. The van der Waals surface area contributed by atoms with Crippen LogP contribution < -0.4 is 11.1 Å². The summed E-state index contributed by atoms with van der Waals surface area (Å²) in [5, 5.41) is 4.68. The molecular weight excluding hydrogens is 198 g/mol. The number of para-hydroxylation sites is 1. The average Bonchev–Trinajstić information content (AvgIpc) is 2.68.